The third kappa shape index (κ3) is 7.64. The number of hydrogen-bond acceptors (Lipinski definition) is 5. The van der Waals surface area contributed by atoms with Crippen molar-refractivity contribution in [3.63, 3.8) is 0 Å². The van der Waals surface area contributed by atoms with E-state index in [0.717, 1.165) is 24.1 Å². The highest BCUT2D eigenvalue weighted by atomic mass is 35.5. The van der Waals surface area contributed by atoms with Crippen molar-refractivity contribution in [1.29, 1.82) is 0 Å². The highest BCUT2D eigenvalue weighted by Crippen LogP contribution is 2.47. The number of fused-ring (bicyclic) bond motifs is 1. The number of benzene rings is 2. The maximum absolute atomic E-state index is 13.5. The molecular weight excluding hydrogens is 578 g/mol. The first-order valence-electron chi connectivity index (χ1n) is 12.8. The van der Waals surface area contributed by atoms with Crippen molar-refractivity contribution in [3.8, 4) is 11.5 Å². The van der Waals surface area contributed by atoms with Gasteiger partial charge in [0.05, 0.1) is 38.5 Å². The number of carbonyl (C=O) groups excluding carboxylic acids is 1. The van der Waals surface area contributed by atoms with Gasteiger partial charge in [-0.05, 0) is 49.1 Å². The Morgan fingerprint density at radius 3 is 1.98 bits per heavy atom. The van der Waals surface area contributed by atoms with Crippen molar-refractivity contribution < 1.29 is 45.3 Å². The minimum Gasteiger partial charge on any atom is -0.493 e. The van der Waals surface area contributed by atoms with Crippen molar-refractivity contribution in [2.24, 2.45) is 5.92 Å². The Balaban J connectivity index is 0.00000588. The number of methoxy groups -OCH3 is 3. The molecule has 1 amide bonds. The van der Waals surface area contributed by atoms with E-state index in [2.05, 4.69) is 18.7 Å². The van der Waals surface area contributed by atoms with Gasteiger partial charge in [0.2, 0.25) is 0 Å². The molecule has 0 spiro atoms. The van der Waals surface area contributed by atoms with Gasteiger partial charge < -0.3 is 19.1 Å². The Bertz CT molecular complexity index is 1180. The average Bonchev–Trinajstić information content (AvgIpc) is 2.90. The van der Waals surface area contributed by atoms with Crippen LogP contribution in [-0.4, -0.2) is 44.9 Å². The molecule has 1 unspecified atom stereocenters. The normalized spacial score (nSPS) is 17.7. The zero-order chi connectivity index (χ0) is 30.0. The molecular formula is C28H35ClF6N2O4. The van der Waals surface area contributed by atoms with Crippen LogP contribution < -0.4 is 14.4 Å². The molecule has 1 aliphatic heterocycles. The van der Waals surface area contributed by atoms with E-state index in [1.54, 1.807) is 12.1 Å². The number of anilines is 1. The number of ether oxygens (including phenoxy) is 3. The second kappa shape index (κ2) is 13.3. The van der Waals surface area contributed by atoms with Crippen LogP contribution in [-0.2, 0) is 23.6 Å². The molecule has 0 saturated carbocycles. The van der Waals surface area contributed by atoms with Crippen LogP contribution in [0.2, 0.25) is 0 Å². The fraction of sp³-hybridized carbons (Fsp3) is 0.536. The Morgan fingerprint density at radius 2 is 1.51 bits per heavy atom. The fourth-order valence-corrected chi connectivity index (χ4v) is 4.98. The first-order valence-corrected chi connectivity index (χ1v) is 12.8. The Morgan fingerprint density at radius 1 is 0.976 bits per heavy atom. The van der Waals surface area contributed by atoms with Crippen LogP contribution in [0.5, 0.6) is 11.5 Å². The van der Waals surface area contributed by atoms with Gasteiger partial charge in [0, 0.05) is 36.4 Å². The summed E-state index contributed by atoms with van der Waals surface area (Å²) in [6.07, 6.45) is -9.66. The number of halogens is 7. The van der Waals surface area contributed by atoms with Crippen molar-refractivity contribution >= 4 is 24.2 Å². The summed E-state index contributed by atoms with van der Waals surface area (Å²) in [6.45, 7) is 6.27. The molecule has 230 valence electrons. The van der Waals surface area contributed by atoms with Crippen LogP contribution in [0.1, 0.15) is 61.9 Å². The molecule has 1 aliphatic rings. The lowest BCUT2D eigenvalue weighted by atomic mass is 9.88. The number of hydrogen-bond donors (Lipinski definition) is 0. The summed E-state index contributed by atoms with van der Waals surface area (Å²) in [5, 5.41) is 0. The van der Waals surface area contributed by atoms with Gasteiger partial charge in [-0.15, -0.1) is 12.4 Å². The van der Waals surface area contributed by atoms with Crippen LogP contribution >= 0.6 is 12.4 Å². The van der Waals surface area contributed by atoms with Crippen molar-refractivity contribution in [3.05, 3.63) is 52.6 Å². The van der Waals surface area contributed by atoms with Gasteiger partial charge in [0.1, 0.15) is 0 Å². The van der Waals surface area contributed by atoms with Gasteiger partial charge in [-0.25, -0.2) is 4.79 Å². The lowest BCUT2D eigenvalue weighted by molar-refractivity contribution is -0.143. The SMILES string of the molecule is CCC(C)CN1c2cc(OC)c(OC)cc2[C@H](N(Cc2cc(C(F)(F)F)cc(C(F)(F)F)c2)C(=O)OC)C[C@@H]1C.Cl. The Hall–Kier alpha value is -3.02. The van der Waals surface area contributed by atoms with Crippen molar-refractivity contribution in [1.82, 2.24) is 4.90 Å². The lowest BCUT2D eigenvalue weighted by Crippen LogP contribution is -2.46. The van der Waals surface area contributed by atoms with Crippen molar-refractivity contribution in [2.45, 2.75) is 64.6 Å². The summed E-state index contributed by atoms with van der Waals surface area (Å²) in [7, 11) is 4.04. The average molecular weight is 613 g/mol. The van der Waals surface area contributed by atoms with E-state index in [-0.39, 0.29) is 30.1 Å². The van der Waals surface area contributed by atoms with Crippen LogP contribution in [0.25, 0.3) is 0 Å². The highest BCUT2D eigenvalue weighted by Gasteiger charge is 2.40. The minimum atomic E-state index is -5.02. The fourth-order valence-electron chi connectivity index (χ4n) is 4.98. The van der Waals surface area contributed by atoms with E-state index in [0.29, 0.717) is 48.1 Å². The zero-order valence-corrected chi connectivity index (χ0v) is 24.5. The predicted octanol–water partition coefficient (Wildman–Crippen LogP) is 8.12. The smallest absolute Gasteiger partial charge is 0.416 e. The van der Waals surface area contributed by atoms with Gasteiger partial charge in [-0.3, -0.25) is 4.90 Å². The van der Waals surface area contributed by atoms with Gasteiger partial charge in [0.25, 0.3) is 0 Å². The van der Waals surface area contributed by atoms with E-state index in [1.165, 1.54) is 14.2 Å². The van der Waals surface area contributed by atoms with E-state index in [4.69, 9.17) is 14.2 Å². The molecule has 1 heterocycles. The van der Waals surface area contributed by atoms with E-state index in [9.17, 15) is 31.1 Å². The molecule has 2 aromatic carbocycles. The monoisotopic (exact) mass is 612 g/mol. The molecule has 0 aliphatic carbocycles. The maximum Gasteiger partial charge on any atom is 0.416 e. The molecule has 6 nitrogen and oxygen atoms in total. The summed E-state index contributed by atoms with van der Waals surface area (Å²) in [5.74, 6) is 1.13. The molecule has 0 N–H and O–H groups in total. The van der Waals surface area contributed by atoms with Crippen LogP contribution in [0, 0.1) is 5.92 Å². The maximum atomic E-state index is 13.5. The molecule has 0 saturated heterocycles. The number of amides is 1. The number of carbonyl (C=O) groups is 1. The molecule has 13 heteroatoms. The highest BCUT2D eigenvalue weighted by molar-refractivity contribution is 5.85. The summed E-state index contributed by atoms with van der Waals surface area (Å²) >= 11 is 0. The molecule has 3 atom stereocenters. The quantitative estimate of drug-likeness (QED) is 0.282. The molecule has 0 bridgehead atoms. The Labute approximate surface area is 241 Å². The second-order valence-electron chi connectivity index (χ2n) is 10.0. The molecule has 2 aromatic rings. The minimum absolute atomic E-state index is 0. The van der Waals surface area contributed by atoms with Gasteiger partial charge in [-0.1, -0.05) is 20.3 Å². The summed E-state index contributed by atoms with van der Waals surface area (Å²) < 4.78 is 97.1. The van der Waals surface area contributed by atoms with E-state index < -0.39 is 42.2 Å². The summed E-state index contributed by atoms with van der Waals surface area (Å²) in [6, 6.07) is 3.91. The summed E-state index contributed by atoms with van der Waals surface area (Å²) in [4.78, 5) is 16.4. The van der Waals surface area contributed by atoms with Gasteiger partial charge in [0.15, 0.2) is 11.5 Å². The van der Waals surface area contributed by atoms with E-state index >= 15 is 0 Å². The van der Waals surface area contributed by atoms with Gasteiger partial charge in [-0.2, -0.15) is 26.3 Å². The number of nitrogens with zero attached hydrogens (tertiary/aromatic N) is 2. The van der Waals surface area contributed by atoms with Gasteiger partial charge >= 0.3 is 18.4 Å². The number of rotatable bonds is 8. The molecule has 0 fully saturated rings. The van der Waals surface area contributed by atoms with Crippen LogP contribution in [0.15, 0.2) is 30.3 Å². The third-order valence-electron chi connectivity index (χ3n) is 7.29. The standard InChI is InChI=1S/C28H34F6N2O4.ClH/c1-7-16(2)14-35-17(3)8-22(21-12-24(38-4)25(39-5)13-23(21)35)36(26(37)40-6)15-18-9-19(27(29,30)31)11-20(10-18)28(32,33)34;/h9-13,16-17,22H,7-8,14-15H2,1-6H3;1H/t16?,17-,22+;/m0./s1. The predicted molar refractivity (Wildman–Crippen MR) is 145 cm³/mol. The van der Waals surface area contributed by atoms with Crippen LogP contribution in [0.3, 0.4) is 0 Å². The number of alkyl halides is 6. The first kappa shape index (κ1) is 34.2. The van der Waals surface area contributed by atoms with E-state index in [1.807, 2.05) is 6.92 Å². The third-order valence-corrected chi connectivity index (χ3v) is 7.29. The van der Waals surface area contributed by atoms with Crippen LogP contribution in [0.4, 0.5) is 36.8 Å². The summed E-state index contributed by atoms with van der Waals surface area (Å²) in [5.41, 5.74) is -1.89. The molecule has 41 heavy (non-hydrogen) atoms. The second-order valence-corrected chi connectivity index (χ2v) is 10.0. The Kier molecular flexibility index (Phi) is 11.1. The lowest BCUT2D eigenvalue weighted by Gasteiger charge is -2.45. The first-order chi connectivity index (χ1) is 18.6. The molecule has 3 rings (SSSR count). The van der Waals surface area contributed by atoms with Crippen molar-refractivity contribution in [2.75, 3.05) is 32.8 Å². The molecule has 0 aromatic heterocycles. The largest absolute Gasteiger partial charge is 0.493 e. The molecule has 0 radical (unpaired) electrons. The topological polar surface area (TPSA) is 51.2 Å². The zero-order valence-electron chi connectivity index (χ0n) is 23.7.